The summed E-state index contributed by atoms with van der Waals surface area (Å²) in [4.78, 5) is 0. The van der Waals surface area contributed by atoms with Gasteiger partial charge in [0.05, 0.1) is 0 Å². The van der Waals surface area contributed by atoms with Gasteiger partial charge in [-0.15, -0.1) is 0 Å². The van der Waals surface area contributed by atoms with E-state index in [1.54, 1.807) is 11.3 Å². The van der Waals surface area contributed by atoms with Gasteiger partial charge in [0.1, 0.15) is 0 Å². The summed E-state index contributed by atoms with van der Waals surface area (Å²) >= 11 is 5.33. The lowest BCUT2D eigenvalue weighted by atomic mass is 10.1. The van der Waals surface area contributed by atoms with Crippen molar-refractivity contribution in [3.63, 3.8) is 0 Å². The van der Waals surface area contributed by atoms with Crippen LogP contribution in [0.15, 0.2) is 39.5 Å². The first-order chi connectivity index (χ1) is 7.75. The second-order valence-corrected chi connectivity index (χ2v) is 5.46. The highest BCUT2D eigenvalue weighted by Gasteiger charge is 1.99. The number of halogens is 1. The van der Waals surface area contributed by atoms with E-state index < -0.39 is 0 Å². The van der Waals surface area contributed by atoms with Crippen molar-refractivity contribution in [3.8, 4) is 0 Å². The summed E-state index contributed by atoms with van der Waals surface area (Å²) in [5, 5.41) is 7.73. The van der Waals surface area contributed by atoms with Crippen LogP contribution in [0.2, 0.25) is 0 Å². The highest BCUT2D eigenvalue weighted by molar-refractivity contribution is 9.10. The van der Waals surface area contributed by atoms with Gasteiger partial charge in [0, 0.05) is 17.6 Å². The lowest BCUT2D eigenvalue weighted by Crippen LogP contribution is -2.12. The average molecular weight is 296 g/mol. The summed E-state index contributed by atoms with van der Waals surface area (Å²) in [6.07, 6.45) is 0. The minimum atomic E-state index is 0.900. The monoisotopic (exact) mass is 295 g/mol. The molecule has 0 amide bonds. The molecule has 0 saturated heterocycles. The molecule has 1 aromatic heterocycles. The summed E-state index contributed by atoms with van der Waals surface area (Å²) in [5.74, 6) is 0. The Bertz CT molecular complexity index is 451. The maximum Gasteiger partial charge on any atom is 0.0222 e. The zero-order valence-corrected chi connectivity index (χ0v) is 11.6. The van der Waals surface area contributed by atoms with Gasteiger partial charge >= 0.3 is 0 Å². The normalized spacial score (nSPS) is 10.6. The van der Waals surface area contributed by atoms with Crippen molar-refractivity contribution in [2.45, 2.75) is 20.0 Å². The molecule has 1 N–H and O–H groups in total. The molecule has 1 heterocycles. The maximum absolute atomic E-state index is 3.59. The molecule has 2 aromatic rings. The summed E-state index contributed by atoms with van der Waals surface area (Å²) < 4.78 is 1.19. The lowest BCUT2D eigenvalue weighted by molar-refractivity contribution is 0.693. The molecule has 0 spiro atoms. The van der Waals surface area contributed by atoms with Crippen LogP contribution in [0.5, 0.6) is 0 Å². The SMILES string of the molecule is Cc1ccc(CNCc2ccsc2)c(Br)c1. The summed E-state index contributed by atoms with van der Waals surface area (Å²) in [6, 6.07) is 8.62. The Balaban J connectivity index is 1.90. The van der Waals surface area contributed by atoms with E-state index in [0.717, 1.165) is 13.1 Å². The van der Waals surface area contributed by atoms with Crippen molar-refractivity contribution in [2.75, 3.05) is 0 Å². The molecule has 1 nitrogen and oxygen atoms in total. The molecule has 0 unspecified atom stereocenters. The number of hydrogen-bond acceptors (Lipinski definition) is 2. The van der Waals surface area contributed by atoms with E-state index in [4.69, 9.17) is 0 Å². The fraction of sp³-hybridized carbons (Fsp3) is 0.231. The molecule has 84 valence electrons. The number of rotatable bonds is 4. The Morgan fingerprint density at radius 2 is 2.12 bits per heavy atom. The topological polar surface area (TPSA) is 12.0 Å². The highest BCUT2D eigenvalue weighted by atomic mass is 79.9. The minimum absolute atomic E-state index is 0.900. The zero-order chi connectivity index (χ0) is 11.4. The Labute approximate surface area is 109 Å². The molecule has 0 atom stereocenters. The molecular weight excluding hydrogens is 282 g/mol. The lowest BCUT2D eigenvalue weighted by Gasteiger charge is -2.06. The van der Waals surface area contributed by atoms with Gasteiger partial charge in [-0.3, -0.25) is 0 Å². The van der Waals surface area contributed by atoms with E-state index in [-0.39, 0.29) is 0 Å². The number of nitrogens with one attached hydrogen (secondary N) is 1. The number of aryl methyl sites for hydroxylation is 1. The standard InChI is InChI=1S/C13H14BrNS/c1-10-2-3-12(13(14)6-10)8-15-7-11-4-5-16-9-11/h2-6,9,15H,7-8H2,1H3. The molecule has 0 aliphatic carbocycles. The van der Waals surface area contributed by atoms with Crippen LogP contribution < -0.4 is 5.32 Å². The average Bonchev–Trinajstić information content (AvgIpc) is 2.74. The zero-order valence-electron chi connectivity index (χ0n) is 9.16. The van der Waals surface area contributed by atoms with Crippen LogP contribution in [-0.2, 0) is 13.1 Å². The third kappa shape index (κ3) is 3.17. The van der Waals surface area contributed by atoms with Gasteiger partial charge in [0.15, 0.2) is 0 Å². The van der Waals surface area contributed by atoms with Crippen LogP contribution in [0.3, 0.4) is 0 Å². The second-order valence-electron chi connectivity index (χ2n) is 3.83. The molecule has 0 radical (unpaired) electrons. The van der Waals surface area contributed by atoms with Crippen LogP contribution in [0.25, 0.3) is 0 Å². The van der Waals surface area contributed by atoms with E-state index in [0.29, 0.717) is 0 Å². The smallest absolute Gasteiger partial charge is 0.0222 e. The van der Waals surface area contributed by atoms with E-state index >= 15 is 0 Å². The van der Waals surface area contributed by atoms with E-state index in [2.05, 4.69) is 63.2 Å². The predicted molar refractivity (Wildman–Crippen MR) is 73.7 cm³/mol. The van der Waals surface area contributed by atoms with Gasteiger partial charge in [-0.1, -0.05) is 28.1 Å². The van der Waals surface area contributed by atoms with Crippen molar-refractivity contribution in [1.82, 2.24) is 5.32 Å². The van der Waals surface area contributed by atoms with E-state index in [1.807, 2.05) is 0 Å². The minimum Gasteiger partial charge on any atom is -0.309 e. The van der Waals surface area contributed by atoms with Crippen LogP contribution >= 0.6 is 27.3 Å². The number of benzene rings is 1. The molecule has 0 aliphatic heterocycles. The number of thiophene rings is 1. The third-order valence-corrected chi connectivity index (χ3v) is 3.90. The van der Waals surface area contributed by atoms with Crippen molar-refractivity contribution in [3.05, 3.63) is 56.2 Å². The summed E-state index contributed by atoms with van der Waals surface area (Å²) in [7, 11) is 0. The molecule has 0 bridgehead atoms. The van der Waals surface area contributed by atoms with Crippen LogP contribution in [-0.4, -0.2) is 0 Å². The molecular formula is C13H14BrNS. The Morgan fingerprint density at radius 3 is 2.81 bits per heavy atom. The molecule has 0 saturated carbocycles. The summed E-state index contributed by atoms with van der Waals surface area (Å²) in [6.45, 7) is 3.94. The Kier molecular flexibility index (Phi) is 4.16. The maximum atomic E-state index is 3.59. The van der Waals surface area contributed by atoms with Crippen molar-refractivity contribution in [2.24, 2.45) is 0 Å². The largest absolute Gasteiger partial charge is 0.309 e. The fourth-order valence-corrected chi connectivity index (χ4v) is 2.83. The first-order valence-corrected chi connectivity index (χ1v) is 6.96. The first-order valence-electron chi connectivity index (χ1n) is 5.22. The van der Waals surface area contributed by atoms with Gasteiger partial charge in [-0.05, 0) is 46.5 Å². The van der Waals surface area contributed by atoms with Crippen molar-refractivity contribution < 1.29 is 0 Å². The van der Waals surface area contributed by atoms with Gasteiger partial charge in [-0.2, -0.15) is 11.3 Å². The van der Waals surface area contributed by atoms with Crippen molar-refractivity contribution >= 4 is 27.3 Å². The molecule has 16 heavy (non-hydrogen) atoms. The van der Waals surface area contributed by atoms with Crippen LogP contribution in [0.1, 0.15) is 16.7 Å². The molecule has 3 heteroatoms. The van der Waals surface area contributed by atoms with Gasteiger partial charge in [0.2, 0.25) is 0 Å². The Hall–Kier alpha value is -0.640. The van der Waals surface area contributed by atoms with Gasteiger partial charge in [0.25, 0.3) is 0 Å². The first kappa shape index (κ1) is 11.8. The van der Waals surface area contributed by atoms with E-state index in [9.17, 15) is 0 Å². The predicted octanol–water partition coefficient (Wildman–Crippen LogP) is 4.11. The van der Waals surface area contributed by atoms with Crippen LogP contribution in [0.4, 0.5) is 0 Å². The van der Waals surface area contributed by atoms with Gasteiger partial charge < -0.3 is 5.32 Å². The summed E-state index contributed by atoms with van der Waals surface area (Å²) in [5.41, 5.74) is 3.95. The third-order valence-electron chi connectivity index (χ3n) is 2.43. The fourth-order valence-electron chi connectivity index (χ4n) is 1.53. The molecule has 1 aromatic carbocycles. The second kappa shape index (κ2) is 5.62. The van der Waals surface area contributed by atoms with Gasteiger partial charge in [-0.25, -0.2) is 0 Å². The van der Waals surface area contributed by atoms with Crippen LogP contribution in [0, 0.1) is 6.92 Å². The Morgan fingerprint density at radius 1 is 1.25 bits per heavy atom. The van der Waals surface area contributed by atoms with Crippen molar-refractivity contribution in [1.29, 1.82) is 0 Å². The quantitative estimate of drug-likeness (QED) is 0.895. The highest BCUT2D eigenvalue weighted by Crippen LogP contribution is 2.18. The van der Waals surface area contributed by atoms with E-state index in [1.165, 1.54) is 21.2 Å². The molecule has 0 aliphatic rings. The molecule has 0 fully saturated rings. The molecule has 2 rings (SSSR count). The number of hydrogen-bond donors (Lipinski definition) is 1.